The smallest absolute Gasteiger partial charge is 0.176 e. The molecular weight excluding hydrogens is 434 g/mol. The minimum atomic E-state index is -0.0317. The summed E-state index contributed by atoms with van der Waals surface area (Å²) in [5.41, 5.74) is 2.96. The van der Waals surface area contributed by atoms with Crippen molar-refractivity contribution in [3.63, 3.8) is 0 Å². The third-order valence-electron chi connectivity index (χ3n) is 6.25. The largest absolute Gasteiger partial charge is 0.493 e. The van der Waals surface area contributed by atoms with E-state index in [1.165, 1.54) is 0 Å². The fraction of sp³-hybridized carbons (Fsp3) is 0.423. The number of hydrogen-bond acceptors (Lipinski definition) is 5. The van der Waals surface area contributed by atoms with E-state index < -0.39 is 0 Å². The molecule has 0 saturated carbocycles. The number of nitrogens with zero attached hydrogens (tertiary/aromatic N) is 2. The van der Waals surface area contributed by atoms with Crippen molar-refractivity contribution in [2.75, 3.05) is 51.8 Å². The van der Waals surface area contributed by atoms with Gasteiger partial charge >= 0.3 is 0 Å². The van der Waals surface area contributed by atoms with E-state index in [0.717, 1.165) is 79.5 Å². The molecule has 1 atom stereocenters. The second-order valence-corrected chi connectivity index (χ2v) is 8.84. The van der Waals surface area contributed by atoms with Gasteiger partial charge in [-0.1, -0.05) is 30.3 Å². The van der Waals surface area contributed by atoms with E-state index in [1.54, 1.807) is 7.11 Å². The number of para-hydroxylation sites is 2. The molecule has 1 fully saturated rings. The Bertz CT molecular complexity index is 1080. The van der Waals surface area contributed by atoms with Crippen molar-refractivity contribution >= 4 is 34.0 Å². The summed E-state index contributed by atoms with van der Waals surface area (Å²) in [5.74, 6) is 1.61. The Morgan fingerprint density at radius 2 is 1.97 bits per heavy atom. The number of rotatable bonds is 8. The van der Waals surface area contributed by atoms with Gasteiger partial charge < -0.3 is 24.1 Å². The topological polar surface area (TPSA) is 50.1 Å². The maximum Gasteiger partial charge on any atom is 0.176 e. The molecule has 7 heteroatoms. The quantitative estimate of drug-likeness (QED) is 0.455. The van der Waals surface area contributed by atoms with Crippen molar-refractivity contribution in [2.45, 2.75) is 26.3 Å². The van der Waals surface area contributed by atoms with Crippen LogP contribution in [0.15, 0.2) is 52.9 Å². The molecular formula is C26H33N3O3S. The van der Waals surface area contributed by atoms with E-state index in [-0.39, 0.29) is 6.04 Å². The molecule has 2 heterocycles. The van der Waals surface area contributed by atoms with E-state index >= 15 is 0 Å². The molecule has 4 rings (SSSR count). The standard InChI is InChI=1S/C26H33N3O3S/c1-19-8-4-5-10-22(19)27-26(33)29(13-7-12-28-14-16-31-17-15-28)20(2)24-18-21-9-6-11-23(30-3)25(21)32-24/h4-6,8-11,18,20H,7,12-17H2,1-3H3,(H,27,33)/t20-/m0/s1. The summed E-state index contributed by atoms with van der Waals surface area (Å²) in [4.78, 5) is 4.68. The van der Waals surface area contributed by atoms with Crippen LogP contribution in [0.1, 0.15) is 30.7 Å². The minimum Gasteiger partial charge on any atom is -0.493 e. The van der Waals surface area contributed by atoms with E-state index in [4.69, 9.17) is 26.1 Å². The van der Waals surface area contributed by atoms with Gasteiger partial charge in [0.25, 0.3) is 0 Å². The summed E-state index contributed by atoms with van der Waals surface area (Å²) >= 11 is 5.91. The number of fused-ring (bicyclic) bond motifs is 1. The third kappa shape index (κ3) is 5.66. The summed E-state index contributed by atoms with van der Waals surface area (Å²) in [7, 11) is 1.67. The van der Waals surface area contributed by atoms with Crippen molar-refractivity contribution in [3.05, 3.63) is 59.9 Å². The number of thiocarbonyl (C=S) groups is 1. The molecule has 0 bridgehead atoms. The average Bonchev–Trinajstić information content (AvgIpc) is 3.28. The Morgan fingerprint density at radius 1 is 1.18 bits per heavy atom. The molecule has 33 heavy (non-hydrogen) atoms. The molecule has 1 saturated heterocycles. The Hall–Kier alpha value is -2.61. The van der Waals surface area contributed by atoms with Gasteiger partial charge in [-0.2, -0.15) is 0 Å². The van der Waals surface area contributed by atoms with Crippen LogP contribution < -0.4 is 10.1 Å². The van der Waals surface area contributed by atoms with Crippen molar-refractivity contribution in [1.82, 2.24) is 9.80 Å². The summed E-state index contributed by atoms with van der Waals surface area (Å²) in [5, 5.41) is 5.19. The molecule has 3 aromatic rings. The van der Waals surface area contributed by atoms with Gasteiger partial charge in [-0.3, -0.25) is 4.90 Å². The number of ether oxygens (including phenoxy) is 2. The highest BCUT2D eigenvalue weighted by atomic mass is 32.1. The Labute approximate surface area is 201 Å². The van der Waals surface area contributed by atoms with Crippen LogP contribution in [-0.2, 0) is 4.74 Å². The molecule has 176 valence electrons. The van der Waals surface area contributed by atoms with Crippen molar-refractivity contribution in [2.24, 2.45) is 0 Å². The van der Waals surface area contributed by atoms with E-state index in [2.05, 4.69) is 47.2 Å². The highest BCUT2D eigenvalue weighted by Crippen LogP contribution is 2.33. The number of morpholine rings is 1. The van der Waals surface area contributed by atoms with Gasteiger partial charge in [-0.15, -0.1) is 0 Å². The number of benzene rings is 2. The van der Waals surface area contributed by atoms with Crippen LogP contribution in [0.25, 0.3) is 11.0 Å². The maximum atomic E-state index is 6.27. The molecule has 0 radical (unpaired) electrons. The molecule has 2 aromatic carbocycles. The summed E-state index contributed by atoms with van der Waals surface area (Å²) in [6.45, 7) is 9.68. The number of anilines is 1. The van der Waals surface area contributed by atoms with Crippen LogP contribution in [0.2, 0.25) is 0 Å². The third-order valence-corrected chi connectivity index (χ3v) is 6.59. The van der Waals surface area contributed by atoms with E-state index in [0.29, 0.717) is 5.11 Å². The number of hydrogen-bond donors (Lipinski definition) is 1. The van der Waals surface area contributed by atoms with Gasteiger partial charge in [-0.05, 0) is 56.2 Å². The zero-order chi connectivity index (χ0) is 23.2. The number of furan rings is 1. The van der Waals surface area contributed by atoms with E-state index in [1.807, 2.05) is 30.3 Å². The minimum absolute atomic E-state index is 0.0317. The van der Waals surface area contributed by atoms with Crippen molar-refractivity contribution < 1.29 is 13.9 Å². The predicted octanol–water partition coefficient (Wildman–Crippen LogP) is 5.23. The molecule has 6 nitrogen and oxygen atoms in total. The van der Waals surface area contributed by atoms with Gasteiger partial charge in [0.15, 0.2) is 16.4 Å². The van der Waals surface area contributed by atoms with Crippen LogP contribution in [0.3, 0.4) is 0 Å². The lowest BCUT2D eigenvalue weighted by Gasteiger charge is -2.32. The summed E-state index contributed by atoms with van der Waals surface area (Å²) in [6, 6.07) is 16.2. The first-order valence-electron chi connectivity index (χ1n) is 11.6. The van der Waals surface area contributed by atoms with Crippen molar-refractivity contribution in [3.8, 4) is 5.75 Å². The van der Waals surface area contributed by atoms with E-state index in [9.17, 15) is 0 Å². The van der Waals surface area contributed by atoms with Crippen LogP contribution in [0.4, 0.5) is 5.69 Å². The zero-order valence-corrected chi connectivity index (χ0v) is 20.5. The highest BCUT2D eigenvalue weighted by Gasteiger charge is 2.23. The lowest BCUT2D eigenvalue weighted by atomic mass is 10.1. The van der Waals surface area contributed by atoms with Crippen LogP contribution >= 0.6 is 12.2 Å². The second-order valence-electron chi connectivity index (χ2n) is 8.45. The van der Waals surface area contributed by atoms with Gasteiger partial charge in [0.1, 0.15) is 5.76 Å². The number of methoxy groups -OCH3 is 1. The first-order valence-corrected chi connectivity index (χ1v) is 12.0. The van der Waals surface area contributed by atoms with Crippen molar-refractivity contribution in [1.29, 1.82) is 0 Å². The summed E-state index contributed by atoms with van der Waals surface area (Å²) in [6.07, 6.45) is 1.00. The number of nitrogens with one attached hydrogen (secondary N) is 1. The average molecular weight is 468 g/mol. The van der Waals surface area contributed by atoms with Gasteiger partial charge in [0, 0.05) is 37.3 Å². The lowest BCUT2D eigenvalue weighted by molar-refractivity contribution is 0.0365. The number of aryl methyl sites for hydroxylation is 1. The summed E-state index contributed by atoms with van der Waals surface area (Å²) < 4.78 is 17.2. The SMILES string of the molecule is COc1cccc2cc([C@H](C)N(CCCN3CCOCC3)C(=S)Nc3ccccc3C)oc12. The molecule has 0 aliphatic carbocycles. The maximum absolute atomic E-state index is 6.27. The van der Waals surface area contributed by atoms with Gasteiger partial charge in [0.05, 0.1) is 26.4 Å². The zero-order valence-electron chi connectivity index (χ0n) is 19.7. The Balaban J connectivity index is 1.54. The molecule has 0 amide bonds. The fourth-order valence-electron chi connectivity index (χ4n) is 4.24. The van der Waals surface area contributed by atoms with Crippen LogP contribution in [0.5, 0.6) is 5.75 Å². The molecule has 1 aromatic heterocycles. The predicted molar refractivity (Wildman–Crippen MR) is 137 cm³/mol. The Kier molecular flexibility index (Phi) is 7.85. The monoisotopic (exact) mass is 467 g/mol. The first-order chi connectivity index (χ1) is 16.1. The van der Waals surface area contributed by atoms with Gasteiger partial charge in [-0.25, -0.2) is 0 Å². The van der Waals surface area contributed by atoms with Crippen LogP contribution in [-0.4, -0.2) is 61.4 Å². The molecule has 1 aliphatic heterocycles. The fourth-order valence-corrected chi connectivity index (χ4v) is 4.60. The lowest BCUT2D eigenvalue weighted by Crippen LogP contribution is -2.41. The van der Waals surface area contributed by atoms with Crippen LogP contribution in [0, 0.1) is 6.92 Å². The second kappa shape index (κ2) is 11.0. The van der Waals surface area contributed by atoms with Gasteiger partial charge in [0.2, 0.25) is 0 Å². The molecule has 0 unspecified atom stereocenters. The molecule has 1 aliphatic rings. The Morgan fingerprint density at radius 3 is 2.73 bits per heavy atom. The normalized spacial score (nSPS) is 15.4. The highest BCUT2D eigenvalue weighted by molar-refractivity contribution is 7.80. The first kappa shape index (κ1) is 23.5. The molecule has 0 spiro atoms. The molecule has 1 N–H and O–H groups in total.